The molecule has 0 saturated heterocycles. The Balaban J connectivity index is 2.03. The van der Waals surface area contributed by atoms with Crippen LogP contribution in [0, 0.1) is 0 Å². The van der Waals surface area contributed by atoms with Crippen molar-refractivity contribution in [3.8, 4) is 0 Å². The molecule has 124 valence electrons. The highest BCUT2D eigenvalue weighted by atomic mass is 19.4. The van der Waals surface area contributed by atoms with Crippen LogP contribution in [0.3, 0.4) is 0 Å². The zero-order valence-corrected chi connectivity index (χ0v) is 12.8. The zero-order chi connectivity index (χ0) is 17.3. The molecule has 0 aliphatic carbocycles. The van der Waals surface area contributed by atoms with E-state index in [0.29, 0.717) is 17.8 Å². The van der Waals surface area contributed by atoms with Gasteiger partial charge in [0.2, 0.25) is 0 Å². The predicted octanol–water partition coefficient (Wildman–Crippen LogP) is 4.17. The smallest absolute Gasteiger partial charge is 0.320 e. The zero-order valence-electron chi connectivity index (χ0n) is 12.8. The molecule has 3 aromatic rings. The number of fused-ring (bicyclic) bond motifs is 1. The molecule has 0 aliphatic heterocycles. The Morgan fingerprint density at radius 3 is 2.58 bits per heavy atom. The van der Waals surface area contributed by atoms with Crippen LogP contribution in [0.25, 0.3) is 5.65 Å². The van der Waals surface area contributed by atoms with Crippen molar-refractivity contribution >= 4 is 17.2 Å². The van der Waals surface area contributed by atoms with Crippen LogP contribution in [0.2, 0.25) is 0 Å². The molecule has 0 atom stereocenters. The first-order valence-corrected chi connectivity index (χ1v) is 7.35. The lowest BCUT2D eigenvalue weighted by molar-refractivity contribution is -0.136. The Bertz CT molecular complexity index is 899. The van der Waals surface area contributed by atoms with E-state index in [4.69, 9.17) is 0 Å². The molecule has 2 heterocycles. The van der Waals surface area contributed by atoms with Gasteiger partial charge in [-0.15, -0.1) is 0 Å². The summed E-state index contributed by atoms with van der Waals surface area (Å²) in [5, 5.41) is 2.37. The van der Waals surface area contributed by atoms with Crippen LogP contribution in [0.1, 0.15) is 28.7 Å². The second kappa shape index (κ2) is 5.99. The number of carbonyl (C=O) groups is 1. The molecule has 24 heavy (non-hydrogen) atoms. The van der Waals surface area contributed by atoms with Crippen LogP contribution in [-0.4, -0.2) is 15.3 Å². The molecule has 0 saturated carbocycles. The minimum absolute atomic E-state index is 0.241. The number of rotatable bonds is 3. The van der Waals surface area contributed by atoms with Crippen molar-refractivity contribution in [1.29, 1.82) is 0 Å². The number of hydrogen-bond donors (Lipinski definition) is 1. The number of anilines is 1. The highest BCUT2D eigenvalue weighted by molar-refractivity contribution is 6.05. The number of alkyl halides is 3. The lowest BCUT2D eigenvalue weighted by Gasteiger charge is -2.13. The summed E-state index contributed by atoms with van der Waals surface area (Å²) in [6.07, 6.45) is -2.39. The second-order valence-electron chi connectivity index (χ2n) is 5.19. The average Bonchev–Trinajstić information content (AvgIpc) is 2.93. The van der Waals surface area contributed by atoms with Crippen molar-refractivity contribution in [1.82, 2.24) is 9.38 Å². The third-order valence-electron chi connectivity index (χ3n) is 3.63. The first-order valence-electron chi connectivity index (χ1n) is 7.35. The lowest BCUT2D eigenvalue weighted by Crippen LogP contribution is -2.19. The Labute approximate surface area is 135 Å². The number of carbonyl (C=O) groups excluding carboxylic acids is 1. The Morgan fingerprint density at radius 2 is 1.88 bits per heavy atom. The molecule has 0 radical (unpaired) electrons. The average molecular weight is 333 g/mol. The molecule has 0 aliphatic rings. The van der Waals surface area contributed by atoms with Crippen molar-refractivity contribution in [2.24, 2.45) is 0 Å². The van der Waals surface area contributed by atoms with E-state index in [9.17, 15) is 18.0 Å². The molecule has 0 fully saturated rings. The molecule has 0 bridgehead atoms. The summed E-state index contributed by atoms with van der Waals surface area (Å²) in [6.45, 7) is 1.84. The van der Waals surface area contributed by atoms with E-state index in [-0.39, 0.29) is 11.4 Å². The number of aryl methyl sites for hydroxylation is 1. The molecular weight excluding hydrogens is 319 g/mol. The number of pyridine rings is 1. The van der Waals surface area contributed by atoms with E-state index >= 15 is 0 Å². The van der Waals surface area contributed by atoms with Gasteiger partial charge in [-0.1, -0.05) is 25.1 Å². The van der Waals surface area contributed by atoms with Gasteiger partial charge in [0.05, 0.1) is 16.9 Å². The summed E-state index contributed by atoms with van der Waals surface area (Å²) in [5.74, 6) is -0.623. The summed E-state index contributed by atoms with van der Waals surface area (Å²) >= 11 is 0. The number of hydrogen-bond acceptors (Lipinski definition) is 2. The van der Waals surface area contributed by atoms with Crippen molar-refractivity contribution in [3.05, 3.63) is 65.6 Å². The van der Waals surface area contributed by atoms with Crippen molar-refractivity contribution < 1.29 is 18.0 Å². The molecule has 0 unspecified atom stereocenters. The van der Waals surface area contributed by atoms with Gasteiger partial charge >= 0.3 is 6.18 Å². The minimum Gasteiger partial charge on any atom is -0.320 e. The van der Waals surface area contributed by atoms with Gasteiger partial charge in [0.25, 0.3) is 5.91 Å². The Kier molecular flexibility index (Phi) is 4.01. The van der Waals surface area contributed by atoms with Crippen molar-refractivity contribution in [2.75, 3.05) is 5.32 Å². The molecule has 0 spiro atoms. The van der Waals surface area contributed by atoms with Crippen LogP contribution < -0.4 is 5.32 Å². The number of nitrogens with one attached hydrogen (secondary N) is 1. The Morgan fingerprint density at radius 1 is 1.17 bits per heavy atom. The highest BCUT2D eigenvalue weighted by Gasteiger charge is 2.34. The standard InChI is InChI=1S/C17H14F3N3O/c1-2-12-15(23-10-6-5-9-14(23)21-12)16(24)22-13-8-4-3-7-11(13)17(18,19)20/h3-10H,2H2,1H3,(H,22,24). The van der Waals surface area contributed by atoms with Gasteiger partial charge < -0.3 is 5.32 Å². The molecule has 1 aromatic carbocycles. The topological polar surface area (TPSA) is 46.4 Å². The monoisotopic (exact) mass is 333 g/mol. The summed E-state index contributed by atoms with van der Waals surface area (Å²) in [4.78, 5) is 17.0. The summed E-state index contributed by atoms with van der Waals surface area (Å²) in [5.41, 5.74) is 0.185. The summed E-state index contributed by atoms with van der Waals surface area (Å²) in [6, 6.07) is 10.1. The predicted molar refractivity (Wildman–Crippen MR) is 84.0 cm³/mol. The summed E-state index contributed by atoms with van der Waals surface area (Å²) in [7, 11) is 0. The van der Waals surface area contributed by atoms with Crippen molar-refractivity contribution in [2.45, 2.75) is 19.5 Å². The van der Waals surface area contributed by atoms with Crippen LogP contribution >= 0.6 is 0 Å². The Hall–Kier alpha value is -2.83. The normalized spacial score (nSPS) is 11.7. The fraction of sp³-hybridized carbons (Fsp3) is 0.176. The van der Waals surface area contributed by atoms with E-state index in [2.05, 4.69) is 10.3 Å². The van der Waals surface area contributed by atoms with Crippen molar-refractivity contribution in [3.63, 3.8) is 0 Å². The molecular formula is C17H14F3N3O. The SMILES string of the molecule is CCc1nc2ccccn2c1C(=O)Nc1ccccc1C(F)(F)F. The third-order valence-corrected chi connectivity index (χ3v) is 3.63. The second-order valence-corrected chi connectivity index (χ2v) is 5.19. The maximum Gasteiger partial charge on any atom is 0.418 e. The van der Waals surface area contributed by atoms with Gasteiger partial charge in [-0.05, 0) is 30.7 Å². The largest absolute Gasteiger partial charge is 0.418 e. The van der Waals surface area contributed by atoms with E-state index in [1.54, 1.807) is 28.8 Å². The minimum atomic E-state index is -4.54. The number of nitrogens with zero attached hydrogens (tertiary/aromatic N) is 2. The van der Waals surface area contributed by atoms with Gasteiger partial charge in [0.1, 0.15) is 11.3 Å². The highest BCUT2D eigenvalue weighted by Crippen LogP contribution is 2.34. The number of imidazole rings is 1. The maximum absolute atomic E-state index is 13.1. The van der Waals surface area contributed by atoms with Crippen LogP contribution in [-0.2, 0) is 12.6 Å². The van der Waals surface area contributed by atoms with Crippen LogP contribution in [0.5, 0.6) is 0 Å². The fourth-order valence-corrected chi connectivity index (χ4v) is 2.55. The molecule has 3 rings (SSSR count). The van der Waals surface area contributed by atoms with E-state index < -0.39 is 17.6 Å². The maximum atomic E-state index is 13.1. The van der Waals surface area contributed by atoms with E-state index in [1.165, 1.54) is 18.2 Å². The quantitative estimate of drug-likeness (QED) is 0.782. The summed E-state index contributed by atoms with van der Waals surface area (Å²) < 4.78 is 40.8. The molecule has 2 aromatic heterocycles. The number of halogens is 3. The van der Waals surface area contributed by atoms with E-state index in [1.807, 2.05) is 6.92 Å². The number of benzene rings is 1. The van der Waals surface area contributed by atoms with Gasteiger partial charge in [0.15, 0.2) is 0 Å². The first kappa shape index (κ1) is 16.0. The first-order chi connectivity index (χ1) is 11.4. The van der Waals surface area contributed by atoms with Crippen LogP contribution in [0.15, 0.2) is 48.7 Å². The van der Waals surface area contributed by atoms with E-state index in [0.717, 1.165) is 6.07 Å². The van der Waals surface area contributed by atoms with Gasteiger partial charge in [-0.3, -0.25) is 9.20 Å². The molecule has 7 heteroatoms. The van der Waals surface area contributed by atoms with Gasteiger partial charge in [0, 0.05) is 6.20 Å². The molecule has 1 N–H and O–H groups in total. The van der Waals surface area contributed by atoms with Gasteiger partial charge in [-0.25, -0.2) is 4.98 Å². The lowest BCUT2D eigenvalue weighted by atomic mass is 10.1. The molecule has 1 amide bonds. The molecule has 4 nitrogen and oxygen atoms in total. The number of amides is 1. The fourth-order valence-electron chi connectivity index (χ4n) is 2.55. The number of aromatic nitrogens is 2. The van der Waals surface area contributed by atoms with Gasteiger partial charge in [-0.2, -0.15) is 13.2 Å². The third kappa shape index (κ3) is 2.84. The van der Waals surface area contributed by atoms with Crippen LogP contribution in [0.4, 0.5) is 18.9 Å². The number of para-hydroxylation sites is 1.